The Hall–Kier alpha value is -3.36. The molecule has 9 heteroatoms. The van der Waals surface area contributed by atoms with Crippen molar-refractivity contribution < 1.29 is 13.5 Å². The summed E-state index contributed by atoms with van der Waals surface area (Å²) >= 11 is 6.14. The number of halogens is 2. The Labute approximate surface area is 183 Å². The highest BCUT2D eigenvalue weighted by molar-refractivity contribution is 6.32. The van der Waals surface area contributed by atoms with E-state index in [-0.39, 0.29) is 11.8 Å². The van der Waals surface area contributed by atoms with Crippen molar-refractivity contribution in [2.75, 3.05) is 31.8 Å². The Morgan fingerprint density at radius 3 is 2.61 bits per heavy atom. The molecule has 0 amide bonds. The van der Waals surface area contributed by atoms with Gasteiger partial charge in [0, 0.05) is 16.8 Å². The average Bonchev–Trinajstić information content (AvgIpc) is 3.11. The molecule has 4 aromatic rings. The van der Waals surface area contributed by atoms with Gasteiger partial charge >= 0.3 is 0 Å². The zero-order chi connectivity index (χ0) is 22.0. The van der Waals surface area contributed by atoms with Crippen molar-refractivity contribution in [2.45, 2.75) is 6.54 Å². The highest BCUT2D eigenvalue weighted by Gasteiger charge is 2.11. The minimum absolute atomic E-state index is 0.0244. The Morgan fingerprint density at radius 2 is 1.87 bits per heavy atom. The van der Waals surface area contributed by atoms with Gasteiger partial charge in [0.25, 0.3) is 0 Å². The van der Waals surface area contributed by atoms with E-state index in [4.69, 9.17) is 20.8 Å². The zero-order valence-electron chi connectivity index (χ0n) is 17.2. The summed E-state index contributed by atoms with van der Waals surface area (Å²) in [5.41, 5.74) is 2.12. The third-order valence-electron chi connectivity index (χ3n) is 4.45. The quantitative estimate of drug-likeness (QED) is 0.388. The fraction of sp³-hybridized carbons (Fsp3) is 0.182. The maximum Gasteiger partial charge on any atom is 0.229 e. The molecule has 0 atom stereocenters. The predicted octanol–water partition coefficient (Wildman–Crippen LogP) is 5.57. The zero-order valence-corrected chi connectivity index (χ0v) is 18.0. The van der Waals surface area contributed by atoms with Gasteiger partial charge < -0.3 is 24.7 Å². The van der Waals surface area contributed by atoms with Crippen molar-refractivity contribution in [2.24, 2.45) is 0 Å². The Balaban J connectivity index is 1.54. The van der Waals surface area contributed by atoms with Crippen LogP contribution in [0.3, 0.4) is 0 Å². The summed E-state index contributed by atoms with van der Waals surface area (Å²) in [6.07, 6.45) is 1.11. The van der Waals surface area contributed by atoms with Gasteiger partial charge in [-0.15, -0.1) is 0 Å². The molecular weight excluding hydrogens is 421 g/mol. The lowest BCUT2D eigenvalue weighted by Crippen LogP contribution is -2.09. The van der Waals surface area contributed by atoms with E-state index in [1.807, 2.05) is 43.3 Å². The highest BCUT2D eigenvalue weighted by atomic mass is 35.5. The van der Waals surface area contributed by atoms with Crippen LogP contribution >= 0.6 is 11.6 Å². The molecule has 2 heterocycles. The summed E-state index contributed by atoms with van der Waals surface area (Å²) in [5, 5.41) is 7.38. The van der Waals surface area contributed by atoms with Crippen LogP contribution in [0.1, 0.15) is 5.76 Å². The topological polar surface area (TPSA) is 75.5 Å². The normalized spacial score (nSPS) is 11.2. The van der Waals surface area contributed by atoms with Gasteiger partial charge in [0.05, 0.1) is 24.9 Å². The van der Waals surface area contributed by atoms with Gasteiger partial charge in [0.1, 0.15) is 17.1 Å². The third kappa shape index (κ3) is 4.87. The van der Waals surface area contributed by atoms with Crippen LogP contribution in [0, 0.1) is 5.82 Å². The smallest absolute Gasteiger partial charge is 0.229 e. The van der Waals surface area contributed by atoms with Gasteiger partial charge in [-0.05, 0) is 56.6 Å². The van der Waals surface area contributed by atoms with Crippen molar-refractivity contribution in [1.82, 2.24) is 14.9 Å². The molecule has 0 saturated heterocycles. The number of ether oxygens (including phenoxy) is 1. The molecule has 0 saturated carbocycles. The molecular formula is C22H21ClFN5O2. The Kier molecular flexibility index (Phi) is 5.92. The van der Waals surface area contributed by atoms with Gasteiger partial charge in [-0.25, -0.2) is 9.37 Å². The number of nitrogens with zero attached hydrogens (tertiary/aromatic N) is 3. The molecule has 7 nitrogen and oxygen atoms in total. The number of rotatable bonds is 7. The number of aromatic nitrogens is 2. The Morgan fingerprint density at radius 1 is 1.10 bits per heavy atom. The van der Waals surface area contributed by atoms with Crippen LogP contribution in [0.15, 0.2) is 53.1 Å². The van der Waals surface area contributed by atoms with Gasteiger partial charge in [0.15, 0.2) is 11.6 Å². The second-order valence-electron chi connectivity index (χ2n) is 7.19. The molecule has 31 heavy (non-hydrogen) atoms. The van der Waals surface area contributed by atoms with Crippen LogP contribution in [0.4, 0.5) is 27.5 Å². The number of nitrogens with one attached hydrogen (secondary N) is 2. The lowest BCUT2D eigenvalue weighted by Gasteiger charge is -2.11. The standard InChI is InChI=1S/C22H21ClFN5O2/c1-29(2)12-16-9-13-8-14(4-6-19(13)31-16)27-22-25-11-18(24)21(28-22)26-15-5-7-20(30-3)17(23)10-15/h4-11H,12H2,1-3H3,(H2,25,26,27,28). The minimum atomic E-state index is -0.587. The molecule has 0 aliphatic heterocycles. The first-order chi connectivity index (χ1) is 14.9. The van der Waals surface area contributed by atoms with E-state index in [2.05, 4.69) is 20.6 Å². The predicted molar refractivity (Wildman–Crippen MR) is 120 cm³/mol. The van der Waals surface area contributed by atoms with E-state index in [1.54, 1.807) is 18.2 Å². The van der Waals surface area contributed by atoms with Crippen molar-refractivity contribution in [3.63, 3.8) is 0 Å². The maximum absolute atomic E-state index is 14.3. The first-order valence-electron chi connectivity index (χ1n) is 9.48. The van der Waals surface area contributed by atoms with Crippen molar-refractivity contribution in [3.8, 4) is 5.75 Å². The Bertz CT molecular complexity index is 1230. The van der Waals surface area contributed by atoms with Gasteiger partial charge in [-0.3, -0.25) is 0 Å². The highest BCUT2D eigenvalue weighted by Crippen LogP contribution is 2.30. The maximum atomic E-state index is 14.3. The van der Waals surface area contributed by atoms with E-state index in [0.717, 1.165) is 28.6 Å². The number of fused-ring (bicyclic) bond motifs is 1. The molecule has 0 spiro atoms. The molecule has 0 radical (unpaired) electrons. The summed E-state index contributed by atoms with van der Waals surface area (Å²) in [4.78, 5) is 10.3. The van der Waals surface area contributed by atoms with E-state index in [0.29, 0.717) is 23.0 Å². The molecule has 160 valence electrons. The molecule has 0 aliphatic rings. The number of hydrogen-bond donors (Lipinski definition) is 2. The van der Waals surface area contributed by atoms with Gasteiger partial charge in [0.2, 0.25) is 5.95 Å². The fourth-order valence-electron chi connectivity index (χ4n) is 3.09. The summed E-state index contributed by atoms with van der Waals surface area (Å²) in [6.45, 7) is 0.711. The first kappa shape index (κ1) is 20.9. The second kappa shape index (κ2) is 8.79. The van der Waals surface area contributed by atoms with Crippen LogP contribution in [0.5, 0.6) is 5.75 Å². The van der Waals surface area contributed by atoms with Crippen LogP contribution in [-0.4, -0.2) is 36.1 Å². The van der Waals surface area contributed by atoms with E-state index >= 15 is 0 Å². The molecule has 4 rings (SSSR count). The third-order valence-corrected chi connectivity index (χ3v) is 4.75. The van der Waals surface area contributed by atoms with Crippen molar-refractivity contribution in [3.05, 3.63) is 65.3 Å². The summed E-state index contributed by atoms with van der Waals surface area (Å²) in [5.74, 6) is 1.09. The van der Waals surface area contributed by atoms with Crippen LogP contribution in [-0.2, 0) is 6.54 Å². The number of methoxy groups -OCH3 is 1. The molecule has 2 aromatic heterocycles. The molecule has 0 unspecified atom stereocenters. The molecule has 2 N–H and O–H groups in total. The molecule has 0 fully saturated rings. The minimum Gasteiger partial charge on any atom is -0.495 e. The van der Waals surface area contributed by atoms with Crippen LogP contribution in [0.2, 0.25) is 5.02 Å². The number of furan rings is 1. The lowest BCUT2D eigenvalue weighted by atomic mass is 10.2. The SMILES string of the molecule is COc1ccc(Nc2nc(Nc3ccc4oc(CN(C)C)cc4c3)ncc2F)cc1Cl. The molecule has 0 bridgehead atoms. The number of anilines is 4. The van der Waals surface area contributed by atoms with E-state index in [1.165, 1.54) is 7.11 Å². The van der Waals surface area contributed by atoms with Crippen LogP contribution in [0.25, 0.3) is 11.0 Å². The summed E-state index contributed by atoms with van der Waals surface area (Å²) in [6, 6.07) is 12.7. The monoisotopic (exact) mass is 441 g/mol. The molecule has 0 aliphatic carbocycles. The number of hydrogen-bond acceptors (Lipinski definition) is 7. The van der Waals surface area contributed by atoms with E-state index < -0.39 is 5.82 Å². The first-order valence-corrected chi connectivity index (χ1v) is 9.86. The lowest BCUT2D eigenvalue weighted by molar-refractivity contribution is 0.358. The van der Waals surface area contributed by atoms with Crippen molar-refractivity contribution in [1.29, 1.82) is 0 Å². The molecule has 2 aromatic carbocycles. The average molecular weight is 442 g/mol. The number of benzene rings is 2. The van der Waals surface area contributed by atoms with Crippen molar-refractivity contribution >= 4 is 45.7 Å². The largest absolute Gasteiger partial charge is 0.495 e. The van der Waals surface area contributed by atoms with Gasteiger partial charge in [-0.1, -0.05) is 11.6 Å². The summed E-state index contributed by atoms with van der Waals surface area (Å²) < 4.78 is 25.2. The second-order valence-corrected chi connectivity index (χ2v) is 7.60. The van der Waals surface area contributed by atoms with Gasteiger partial charge in [-0.2, -0.15) is 4.98 Å². The summed E-state index contributed by atoms with van der Waals surface area (Å²) in [7, 11) is 5.50. The van der Waals surface area contributed by atoms with Crippen LogP contribution < -0.4 is 15.4 Å². The fourth-order valence-corrected chi connectivity index (χ4v) is 3.35. The van der Waals surface area contributed by atoms with E-state index in [9.17, 15) is 4.39 Å².